The van der Waals surface area contributed by atoms with Crippen LogP contribution in [0.3, 0.4) is 0 Å². The predicted octanol–water partition coefficient (Wildman–Crippen LogP) is 5.65. The molecule has 40 heavy (non-hydrogen) atoms. The molecule has 0 bridgehead atoms. The molecule has 0 unspecified atom stereocenters. The van der Waals surface area contributed by atoms with Gasteiger partial charge in [0.1, 0.15) is 11.9 Å². The van der Waals surface area contributed by atoms with E-state index in [9.17, 15) is 28.0 Å². The maximum atomic E-state index is 14.7. The average molecular weight is 556 g/mol. The molecule has 1 aliphatic heterocycles. The number of nitrogens with zero attached hydrogens (tertiary/aromatic N) is 3. The third kappa shape index (κ3) is 4.03. The summed E-state index contributed by atoms with van der Waals surface area (Å²) in [6, 6.07) is 20.9. The van der Waals surface area contributed by atoms with Gasteiger partial charge in [-0.3, -0.25) is 4.79 Å². The highest BCUT2D eigenvalue weighted by Gasteiger charge is 2.34. The average Bonchev–Trinajstić information content (AvgIpc) is 3.50. The summed E-state index contributed by atoms with van der Waals surface area (Å²) in [6.07, 6.45) is 1.33. The molecule has 5 aromatic rings. The smallest absolute Gasteiger partial charge is 0.310 e. The number of anilines is 1. The Labute approximate surface area is 229 Å². The predicted molar refractivity (Wildman–Crippen MR) is 147 cm³/mol. The van der Waals surface area contributed by atoms with Crippen molar-refractivity contribution < 1.29 is 27.1 Å². The number of aryl methyl sites for hydroxylation is 1. The number of furan rings is 1. The number of hydrogen-bond donors (Lipinski definition) is 1. The van der Waals surface area contributed by atoms with Crippen LogP contribution in [-0.2, 0) is 14.8 Å². The second kappa shape index (κ2) is 9.39. The second-order valence-electron chi connectivity index (χ2n) is 9.73. The summed E-state index contributed by atoms with van der Waals surface area (Å²) in [4.78, 5) is 13.3. The van der Waals surface area contributed by atoms with E-state index >= 15 is 0 Å². The highest BCUT2D eigenvalue weighted by Crippen LogP contribution is 2.45. The summed E-state index contributed by atoms with van der Waals surface area (Å²) in [5, 5.41) is 19.4. The van der Waals surface area contributed by atoms with Crippen LogP contribution in [0.25, 0.3) is 33.3 Å². The van der Waals surface area contributed by atoms with Gasteiger partial charge in [0, 0.05) is 40.9 Å². The number of fused-ring (bicyclic) bond motifs is 1. The quantitative estimate of drug-likeness (QED) is 0.288. The molecule has 1 aliphatic rings. The Hall–Kier alpha value is -4.88. The van der Waals surface area contributed by atoms with Gasteiger partial charge in [0.25, 0.3) is 10.0 Å². The summed E-state index contributed by atoms with van der Waals surface area (Å²) in [5.41, 5.74) is 3.21. The molecule has 3 heterocycles. The lowest BCUT2D eigenvalue weighted by Crippen LogP contribution is -2.50. The molecule has 3 aromatic carbocycles. The first-order valence-electron chi connectivity index (χ1n) is 12.4. The fourth-order valence-corrected chi connectivity index (χ4v) is 6.67. The van der Waals surface area contributed by atoms with E-state index in [1.807, 2.05) is 24.0 Å². The molecule has 0 amide bonds. The number of carboxylic acid groups (broad SMARTS) is 1. The van der Waals surface area contributed by atoms with Crippen molar-refractivity contribution in [1.29, 1.82) is 5.26 Å². The fourth-order valence-electron chi connectivity index (χ4n) is 5.12. The van der Waals surface area contributed by atoms with E-state index < -0.39 is 27.7 Å². The first-order valence-corrected chi connectivity index (χ1v) is 13.9. The van der Waals surface area contributed by atoms with Crippen molar-refractivity contribution in [2.45, 2.75) is 11.8 Å². The van der Waals surface area contributed by atoms with Gasteiger partial charge in [-0.15, -0.1) is 0 Å². The van der Waals surface area contributed by atoms with E-state index in [0.29, 0.717) is 40.9 Å². The third-order valence-electron chi connectivity index (χ3n) is 7.20. The number of halogens is 1. The van der Waals surface area contributed by atoms with Gasteiger partial charge in [-0.1, -0.05) is 29.8 Å². The Balaban J connectivity index is 1.68. The van der Waals surface area contributed by atoms with E-state index in [4.69, 9.17) is 4.42 Å². The minimum atomic E-state index is -4.22. The zero-order valence-corrected chi connectivity index (χ0v) is 22.0. The number of carbonyl (C=O) groups is 1. The number of rotatable bonds is 6. The normalized spacial score (nSPS) is 13.8. The number of aromatic nitrogens is 1. The van der Waals surface area contributed by atoms with Gasteiger partial charge in [0.05, 0.1) is 28.3 Å². The van der Waals surface area contributed by atoms with Crippen LogP contribution in [0.5, 0.6) is 0 Å². The Morgan fingerprint density at radius 3 is 2.52 bits per heavy atom. The Kier molecular flexibility index (Phi) is 5.97. The zero-order valence-electron chi connectivity index (χ0n) is 21.2. The Bertz CT molecular complexity index is 1950. The molecular formula is C30H22FN3O5S. The lowest BCUT2D eigenvalue weighted by atomic mass is 9.96. The second-order valence-corrected chi connectivity index (χ2v) is 11.5. The van der Waals surface area contributed by atoms with Crippen LogP contribution in [0, 0.1) is 30.0 Å². The SMILES string of the molecule is Cc1ccc(S(=O)(=O)n2c(-c3cccc(N4CC(C(=O)O)C4)c3)c(-c3ccoc3C#N)c3cc(F)ccc32)cc1. The fraction of sp³-hybridized carbons (Fsp3) is 0.133. The van der Waals surface area contributed by atoms with Crippen LogP contribution >= 0.6 is 0 Å². The van der Waals surface area contributed by atoms with Gasteiger partial charge in [-0.25, -0.2) is 16.8 Å². The summed E-state index contributed by atoms with van der Waals surface area (Å²) < 4.78 is 49.8. The third-order valence-corrected chi connectivity index (χ3v) is 8.93. The molecule has 8 nitrogen and oxygen atoms in total. The van der Waals surface area contributed by atoms with Crippen LogP contribution in [0.15, 0.2) is 88.4 Å². The number of hydrogen-bond acceptors (Lipinski definition) is 6. The van der Waals surface area contributed by atoms with E-state index in [1.54, 1.807) is 36.4 Å². The molecule has 0 atom stereocenters. The molecule has 6 rings (SSSR count). The lowest BCUT2D eigenvalue weighted by molar-refractivity contribution is -0.142. The standard InChI is InChI=1S/C30H22FN3O5S/c1-18-5-8-23(9-6-18)40(37,38)34-26-10-7-21(31)14-25(26)28(24-11-12-39-27(24)15-32)29(34)19-3-2-4-22(13-19)33-16-20(17-33)30(35)36/h2-14,20H,16-17H2,1H3,(H,35,36). The Morgan fingerprint density at radius 2 is 1.82 bits per heavy atom. The van der Waals surface area contributed by atoms with Crippen molar-refractivity contribution >= 4 is 32.6 Å². The first kappa shape index (κ1) is 25.4. The zero-order chi connectivity index (χ0) is 28.2. The lowest BCUT2D eigenvalue weighted by Gasteiger charge is -2.38. The Morgan fingerprint density at radius 1 is 1.07 bits per heavy atom. The van der Waals surface area contributed by atoms with Crippen molar-refractivity contribution in [1.82, 2.24) is 3.97 Å². The summed E-state index contributed by atoms with van der Waals surface area (Å²) in [5.74, 6) is -1.97. The maximum Gasteiger partial charge on any atom is 0.310 e. The van der Waals surface area contributed by atoms with E-state index in [0.717, 1.165) is 5.56 Å². The van der Waals surface area contributed by atoms with Crippen LogP contribution < -0.4 is 4.90 Å². The van der Waals surface area contributed by atoms with Gasteiger partial charge in [0.15, 0.2) is 0 Å². The van der Waals surface area contributed by atoms with Gasteiger partial charge >= 0.3 is 5.97 Å². The molecule has 1 saturated heterocycles. The molecule has 0 spiro atoms. The molecule has 10 heteroatoms. The molecule has 0 radical (unpaired) electrons. The van der Waals surface area contributed by atoms with Gasteiger partial charge in [-0.2, -0.15) is 5.26 Å². The summed E-state index contributed by atoms with van der Waals surface area (Å²) in [7, 11) is -4.22. The molecule has 1 fully saturated rings. The van der Waals surface area contributed by atoms with Crippen LogP contribution in [0.1, 0.15) is 11.3 Å². The van der Waals surface area contributed by atoms with Gasteiger partial charge in [0.2, 0.25) is 5.76 Å². The van der Waals surface area contributed by atoms with E-state index in [-0.39, 0.29) is 21.9 Å². The van der Waals surface area contributed by atoms with Crippen molar-refractivity contribution in [3.8, 4) is 28.5 Å². The van der Waals surface area contributed by atoms with Gasteiger partial charge in [-0.05, 0) is 55.5 Å². The molecular weight excluding hydrogens is 533 g/mol. The van der Waals surface area contributed by atoms with Crippen LogP contribution in [0.4, 0.5) is 10.1 Å². The van der Waals surface area contributed by atoms with Crippen molar-refractivity contribution in [3.05, 3.63) is 96.2 Å². The van der Waals surface area contributed by atoms with Crippen molar-refractivity contribution in [3.63, 3.8) is 0 Å². The largest absolute Gasteiger partial charge is 0.481 e. The first-order chi connectivity index (χ1) is 19.2. The van der Waals surface area contributed by atoms with Gasteiger partial charge < -0.3 is 14.4 Å². The number of nitriles is 1. The van der Waals surface area contributed by atoms with Crippen LogP contribution in [-0.4, -0.2) is 36.6 Å². The van der Waals surface area contributed by atoms with Crippen molar-refractivity contribution in [2.75, 3.05) is 18.0 Å². The number of carboxylic acids is 1. The van der Waals surface area contributed by atoms with E-state index in [2.05, 4.69) is 0 Å². The number of aliphatic carboxylic acids is 1. The molecule has 0 saturated carbocycles. The van der Waals surface area contributed by atoms with Crippen molar-refractivity contribution in [2.24, 2.45) is 5.92 Å². The van der Waals surface area contributed by atoms with E-state index in [1.165, 1.54) is 40.6 Å². The molecule has 1 N–H and O–H groups in total. The highest BCUT2D eigenvalue weighted by molar-refractivity contribution is 7.90. The number of benzene rings is 3. The minimum absolute atomic E-state index is 0.0412. The minimum Gasteiger partial charge on any atom is -0.481 e. The van der Waals surface area contributed by atoms with Crippen LogP contribution in [0.2, 0.25) is 0 Å². The molecule has 200 valence electrons. The summed E-state index contributed by atoms with van der Waals surface area (Å²) in [6.45, 7) is 2.50. The summed E-state index contributed by atoms with van der Waals surface area (Å²) >= 11 is 0. The molecule has 2 aromatic heterocycles. The topological polar surface area (TPSA) is 117 Å². The highest BCUT2D eigenvalue weighted by atomic mass is 32.2. The molecule has 0 aliphatic carbocycles. The maximum absolute atomic E-state index is 14.7. The monoisotopic (exact) mass is 555 g/mol.